The lowest BCUT2D eigenvalue weighted by Gasteiger charge is -2.29. The number of hydrogen-bond donors (Lipinski definition) is 2. The molecule has 0 aromatic heterocycles. The number of carbonyl (C=O) groups is 2. The van der Waals surface area contributed by atoms with Crippen LogP contribution in [0.15, 0.2) is 60.7 Å². The number of primary amides is 1. The fraction of sp³-hybridized carbons (Fsp3) is 0.462. The predicted octanol–water partition coefficient (Wildman–Crippen LogP) is 4.77. The Labute approximate surface area is 186 Å². The Balaban J connectivity index is 1.95. The van der Waals surface area contributed by atoms with E-state index in [1.807, 2.05) is 48.5 Å². The molecule has 0 saturated carbocycles. The SMILES string of the molecule is CC(C)CC(CCCCc1ccccc1)N(O)C(=O)C(CCc1ccccc1)C(N)=O. The standard InChI is InChI=1S/C26H36N2O3/c1-20(2)19-23(16-10-9-15-21-11-5-3-6-12-21)28(31)26(30)24(25(27)29)18-17-22-13-7-4-8-14-22/h3-8,11-14,20,23-24,31H,9-10,15-19H2,1-2H3,(H2,27,29). The van der Waals surface area contributed by atoms with Gasteiger partial charge in [-0.05, 0) is 55.6 Å². The van der Waals surface area contributed by atoms with Gasteiger partial charge in [-0.25, -0.2) is 5.06 Å². The molecule has 0 spiro atoms. The van der Waals surface area contributed by atoms with Crippen molar-refractivity contribution in [2.24, 2.45) is 17.6 Å². The largest absolute Gasteiger partial charge is 0.369 e. The Kier molecular flexibility index (Phi) is 10.2. The van der Waals surface area contributed by atoms with Crippen LogP contribution < -0.4 is 5.73 Å². The van der Waals surface area contributed by atoms with Crippen molar-refractivity contribution in [3.63, 3.8) is 0 Å². The first-order valence-corrected chi connectivity index (χ1v) is 11.3. The summed E-state index contributed by atoms with van der Waals surface area (Å²) in [7, 11) is 0. The van der Waals surface area contributed by atoms with Gasteiger partial charge >= 0.3 is 0 Å². The molecule has 5 nitrogen and oxygen atoms in total. The second-order valence-corrected chi connectivity index (χ2v) is 8.68. The summed E-state index contributed by atoms with van der Waals surface area (Å²) in [5.41, 5.74) is 7.85. The van der Waals surface area contributed by atoms with Crippen molar-refractivity contribution < 1.29 is 14.8 Å². The summed E-state index contributed by atoms with van der Waals surface area (Å²) in [4.78, 5) is 25.0. The predicted molar refractivity (Wildman–Crippen MR) is 123 cm³/mol. The molecule has 2 atom stereocenters. The maximum Gasteiger partial charge on any atom is 0.258 e. The minimum Gasteiger partial charge on any atom is -0.369 e. The summed E-state index contributed by atoms with van der Waals surface area (Å²) in [5, 5.41) is 11.5. The highest BCUT2D eigenvalue weighted by molar-refractivity contribution is 5.99. The Bertz CT molecular complexity index is 793. The molecule has 2 amide bonds. The van der Waals surface area contributed by atoms with Gasteiger partial charge in [0.15, 0.2) is 0 Å². The Morgan fingerprint density at radius 1 is 0.871 bits per heavy atom. The molecule has 0 fully saturated rings. The van der Waals surface area contributed by atoms with Gasteiger partial charge in [0.2, 0.25) is 5.91 Å². The smallest absolute Gasteiger partial charge is 0.258 e. The van der Waals surface area contributed by atoms with E-state index in [0.717, 1.165) is 29.9 Å². The fourth-order valence-corrected chi connectivity index (χ4v) is 3.92. The Hall–Kier alpha value is -2.66. The lowest BCUT2D eigenvalue weighted by Crippen LogP contribution is -2.45. The number of hydrogen-bond acceptors (Lipinski definition) is 3. The molecular formula is C26H36N2O3. The first-order chi connectivity index (χ1) is 14.9. The number of hydroxylamine groups is 2. The van der Waals surface area contributed by atoms with E-state index < -0.39 is 17.7 Å². The van der Waals surface area contributed by atoms with E-state index in [2.05, 4.69) is 26.0 Å². The molecule has 31 heavy (non-hydrogen) atoms. The minimum atomic E-state index is -1.02. The van der Waals surface area contributed by atoms with Gasteiger partial charge in [-0.1, -0.05) is 80.9 Å². The molecule has 2 unspecified atom stereocenters. The van der Waals surface area contributed by atoms with Crippen LogP contribution in [0.5, 0.6) is 0 Å². The molecule has 0 radical (unpaired) electrons. The van der Waals surface area contributed by atoms with Gasteiger partial charge in [-0.15, -0.1) is 0 Å². The van der Waals surface area contributed by atoms with Gasteiger partial charge in [-0.3, -0.25) is 14.8 Å². The van der Waals surface area contributed by atoms with Crippen LogP contribution in [0.4, 0.5) is 0 Å². The van der Waals surface area contributed by atoms with Crippen molar-refractivity contribution in [2.45, 2.75) is 64.8 Å². The molecule has 0 aliphatic heterocycles. The van der Waals surface area contributed by atoms with Gasteiger partial charge in [0.25, 0.3) is 5.91 Å². The van der Waals surface area contributed by atoms with Crippen molar-refractivity contribution in [1.82, 2.24) is 5.06 Å². The number of nitrogens with zero attached hydrogens (tertiary/aromatic N) is 1. The quantitative estimate of drug-likeness (QED) is 0.210. The molecule has 2 aromatic carbocycles. The first kappa shape index (κ1) is 24.6. The lowest BCUT2D eigenvalue weighted by molar-refractivity contribution is -0.183. The first-order valence-electron chi connectivity index (χ1n) is 11.3. The molecule has 5 heteroatoms. The second-order valence-electron chi connectivity index (χ2n) is 8.68. The maximum atomic E-state index is 13.0. The summed E-state index contributed by atoms with van der Waals surface area (Å²) in [6.07, 6.45) is 5.05. The number of rotatable bonds is 13. The topological polar surface area (TPSA) is 83.6 Å². The average molecular weight is 425 g/mol. The van der Waals surface area contributed by atoms with Gasteiger partial charge in [0, 0.05) is 0 Å². The van der Waals surface area contributed by atoms with Crippen LogP contribution in [-0.4, -0.2) is 28.1 Å². The summed E-state index contributed by atoms with van der Waals surface area (Å²) in [6, 6.07) is 19.6. The van der Waals surface area contributed by atoms with E-state index in [-0.39, 0.29) is 12.5 Å². The summed E-state index contributed by atoms with van der Waals surface area (Å²) in [5.74, 6) is -1.98. The zero-order valence-electron chi connectivity index (χ0n) is 18.7. The van der Waals surface area contributed by atoms with Gasteiger partial charge < -0.3 is 5.73 Å². The van der Waals surface area contributed by atoms with Crippen molar-refractivity contribution in [2.75, 3.05) is 0 Å². The van der Waals surface area contributed by atoms with Crippen LogP contribution in [-0.2, 0) is 22.4 Å². The number of carbonyl (C=O) groups excluding carboxylic acids is 2. The zero-order valence-corrected chi connectivity index (χ0v) is 18.7. The van der Waals surface area contributed by atoms with Crippen LogP contribution >= 0.6 is 0 Å². The van der Waals surface area contributed by atoms with E-state index in [9.17, 15) is 14.8 Å². The Morgan fingerprint density at radius 2 is 1.42 bits per heavy atom. The molecule has 0 saturated heterocycles. The van der Waals surface area contributed by atoms with E-state index in [4.69, 9.17) is 5.73 Å². The molecule has 0 aliphatic carbocycles. The molecule has 0 bridgehead atoms. The number of aryl methyl sites for hydroxylation is 2. The van der Waals surface area contributed by atoms with Crippen molar-refractivity contribution in [1.29, 1.82) is 0 Å². The number of amides is 2. The van der Waals surface area contributed by atoms with Crippen molar-refractivity contribution >= 4 is 11.8 Å². The molecule has 0 aliphatic rings. The number of unbranched alkanes of at least 4 members (excludes halogenated alkanes) is 1. The summed E-state index contributed by atoms with van der Waals surface area (Å²) < 4.78 is 0. The van der Waals surface area contributed by atoms with Gasteiger partial charge in [-0.2, -0.15) is 0 Å². The van der Waals surface area contributed by atoms with Crippen LogP contribution in [0, 0.1) is 11.8 Å². The number of nitrogens with two attached hydrogens (primary N) is 1. The van der Waals surface area contributed by atoms with Crippen LogP contribution in [0.2, 0.25) is 0 Å². The van der Waals surface area contributed by atoms with E-state index in [1.54, 1.807) is 0 Å². The highest BCUT2D eigenvalue weighted by Gasteiger charge is 2.32. The van der Waals surface area contributed by atoms with E-state index >= 15 is 0 Å². The van der Waals surface area contributed by atoms with Crippen molar-refractivity contribution in [3.05, 3.63) is 71.8 Å². The average Bonchev–Trinajstić information content (AvgIpc) is 2.76. The third kappa shape index (κ3) is 8.54. The zero-order chi connectivity index (χ0) is 22.6. The molecule has 168 valence electrons. The minimum absolute atomic E-state index is 0.289. The molecule has 2 aromatic rings. The highest BCUT2D eigenvalue weighted by atomic mass is 16.5. The van der Waals surface area contributed by atoms with E-state index in [1.165, 1.54) is 5.56 Å². The summed E-state index contributed by atoms with van der Waals surface area (Å²) >= 11 is 0. The molecule has 3 N–H and O–H groups in total. The van der Waals surface area contributed by atoms with Gasteiger partial charge in [0.1, 0.15) is 5.92 Å². The van der Waals surface area contributed by atoms with Crippen molar-refractivity contribution in [3.8, 4) is 0 Å². The van der Waals surface area contributed by atoms with E-state index in [0.29, 0.717) is 25.2 Å². The van der Waals surface area contributed by atoms with Crippen LogP contribution in [0.25, 0.3) is 0 Å². The number of benzene rings is 2. The third-order valence-electron chi connectivity index (χ3n) is 5.62. The maximum absolute atomic E-state index is 13.0. The second kappa shape index (κ2) is 12.9. The Morgan fingerprint density at radius 3 is 1.94 bits per heavy atom. The monoisotopic (exact) mass is 424 g/mol. The normalized spacial score (nSPS) is 13.0. The van der Waals surface area contributed by atoms with Crippen LogP contribution in [0.1, 0.15) is 57.1 Å². The van der Waals surface area contributed by atoms with Crippen LogP contribution in [0.3, 0.4) is 0 Å². The molecular weight excluding hydrogens is 388 g/mol. The molecule has 2 rings (SSSR count). The highest BCUT2D eigenvalue weighted by Crippen LogP contribution is 2.21. The summed E-state index contributed by atoms with van der Waals surface area (Å²) in [6.45, 7) is 4.13. The lowest BCUT2D eigenvalue weighted by atomic mass is 9.94. The third-order valence-corrected chi connectivity index (χ3v) is 5.62. The fourth-order valence-electron chi connectivity index (χ4n) is 3.92. The molecule has 0 heterocycles. The van der Waals surface area contributed by atoms with Gasteiger partial charge in [0.05, 0.1) is 6.04 Å².